The van der Waals surface area contributed by atoms with E-state index in [4.69, 9.17) is 10.7 Å². The standard InChI is InChI=1S/C20H12BrNOS.C3H9N/c21-15-8-6-14(7-9-15)20-16-3-1-2-4-18(16)24-19-10-5-13(12-23)11-17(19)22-20;1-3(2)4/h1-12H;3H,4H2,1-2H3. The first-order chi connectivity index (χ1) is 13.5. The molecule has 3 aromatic carbocycles. The molecule has 0 unspecified atom stereocenters. The summed E-state index contributed by atoms with van der Waals surface area (Å²) in [4.78, 5) is 18.3. The van der Waals surface area contributed by atoms with Crippen LogP contribution in [0, 0.1) is 0 Å². The van der Waals surface area contributed by atoms with Crippen LogP contribution >= 0.6 is 27.7 Å². The summed E-state index contributed by atoms with van der Waals surface area (Å²) in [5.41, 5.74) is 9.66. The van der Waals surface area contributed by atoms with E-state index in [1.807, 2.05) is 56.3 Å². The topological polar surface area (TPSA) is 55.5 Å². The van der Waals surface area contributed by atoms with Gasteiger partial charge in [-0.1, -0.05) is 77.9 Å². The first-order valence-electron chi connectivity index (χ1n) is 8.94. The zero-order valence-corrected chi connectivity index (χ0v) is 18.1. The second-order valence-electron chi connectivity index (χ2n) is 6.65. The first kappa shape index (κ1) is 20.5. The molecule has 0 spiro atoms. The minimum absolute atomic E-state index is 0.333. The van der Waals surface area contributed by atoms with E-state index in [2.05, 4.69) is 40.2 Å². The fraction of sp³-hybridized carbons (Fsp3) is 0.130. The number of nitrogens with two attached hydrogens (primary N) is 1. The Bertz CT molecular complexity index is 1010. The number of nitrogens with zero attached hydrogens (tertiary/aromatic N) is 1. The van der Waals surface area contributed by atoms with Crippen LogP contribution in [0.2, 0.25) is 0 Å². The largest absolute Gasteiger partial charge is 0.328 e. The Hall–Kier alpha value is -2.21. The number of aldehydes is 1. The summed E-state index contributed by atoms with van der Waals surface area (Å²) < 4.78 is 1.03. The lowest BCUT2D eigenvalue weighted by Crippen LogP contribution is -2.06. The Balaban J connectivity index is 0.000000516. The summed E-state index contributed by atoms with van der Waals surface area (Å²) in [7, 11) is 0. The highest BCUT2D eigenvalue weighted by Crippen LogP contribution is 2.41. The summed E-state index contributed by atoms with van der Waals surface area (Å²) in [6.45, 7) is 3.89. The number of hydrogen-bond acceptors (Lipinski definition) is 4. The van der Waals surface area contributed by atoms with Crippen molar-refractivity contribution in [1.82, 2.24) is 0 Å². The molecule has 3 nitrogen and oxygen atoms in total. The van der Waals surface area contributed by atoms with Crippen LogP contribution in [0.25, 0.3) is 0 Å². The van der Waals surface area contributed by atoms with Crippen LogP contribution in [0.4, 0.5) is 5.69 Å². The van der Waals surface area contributed by atoms with Crippen molar-refractivity contribution in [1.29, 1.82) is 0 Å². The quantitative estimate of drug-likeness (QED) is 0.365. The summed E-state index contributed by atoms with van der Waals surface area (Å²) >= 11 is 5.16. The molecule has 0 atom stereocenters. The zero-order chi connectivity index (χ0) is 20.1. The van der Waals surface area contributed by atoms with Crippen molar-refractivity contribution < 1.29 is 4.79 Å². The van der Waals surface area contributed by atoms with Crippen LogP contribution in [0.1, 0.15) is 35.3 Å². The smallest absolute Gasteiger partial charge is 0.150 e. The molecule has 4 rings (SSSR count). The molecule has 1 heterocycles. The van der Waals surface area contributed by atoms with Gasteiger partial charge in [-0.15, -0.1) is 0 Å². The van der Waals surface area contributed by atoms with Gasteiger partial charge < -0.3 is 5.73 Å². The van der Waals surface area contributed by atoms with Crippen molar-refractivity contribution in [3.8, 4) is 0 Å². The normalized spacial score (nSPS) is 12.1. The number of rotatable bonds is 2. The molecule has 142 valence electrons. The minimum atomic E-state index is 0.333. The summed E-state index contributed by atoms with van der Waals surface area (Å²) in [6.07, 6.45) is 0.859. The number of carbonyl (C=O) groups excluding carboxylic acids is 1. The summed E-state index contributed by atoms with van der Waals surface area (Å²) in [5.74, 6) is 0. The van der Waals surface area contributed by atoms with Gasteiger partial charge in [-0.25, -0.2) is 4.99 Å². The number of fused-ring (bicyclic) bond motifs is 2. The summed E-state index contributed by atoms with van der Waals surface area (Å²) in [6, 6.07) is 22.4. The minimum Gasteiger partial charge on any atom is -0.328 e. The fourth-order valence-corrected chi connectivity index (χ4v) is 3.93. The van der Waals surface area contributed by atoms with Gasteiger partial charge in [-0.05, 0) is 36.4 Å². The van der Waals surface area contributed by atoms with Gasteiger partial charge in [0, 0.05) is 31.0 Å². The molecule has 0 radical (unpaired) electrons. The van der Waals surface area contributed by atoms with E-state index in [9.17, 15) is 4.79 Å². The fourth-order valence-electron chi connectivity index (χ4n) is 2.66. The molecule has 0 saturated heterocycles. The van der Waals surface area contributed by atoms with Gasteiger partial charge in [0.25, 0.3) is 0 Å². The lowest BCUT2D eigenvalue weighted by molar-refractivity contribution is 0.112. The maximum Gasteiger partial charge on any atom is 0.150 e. The van der Waals surface area contributed by atoms with Gasteiger partial charge >= 0.3 is 0 Å². The molecule has 0 bridgehead atoms. The highest BCUT2D eigenvalue weighted by atomic mass is 79.9. The van der Waals surface area contributed by atoms with Crippen molar-refractivity contribution in [2.75, 3.05) is 0 Å². The van der Waals surface area contributed by atoms with E-state index in [1.165, 1.54) is 0 Å². The van der Waals surface area contributed by atoms with E-state index < -0.39 is 0 Å². The second kappa shape index (κ2) is 9.32. The monoisotopic (exact) mass is 452 g/mol. The Morgan fingerprint density at radius 1 is 1.00 bits per heavy atom. The first-order valence-corrected chi connectivity index (χ1v) is 10.6. The zero-order valence-electron chi connectivity index (χ0n) is 15.7. The average molecular weight is 453 g/mol. The van der Waals surface area contributed by atoms with Crippen molar-refractivity contribution in [2.45, 2.75) is 29.7 Å². The highest BCUT2D eigenvalue weighted by Gasteiger charge is 2.18. The van der Waals surface area contributed by atoms with Crippen molar-refractivity contribution >= 4 is 45.4 Å². The maximum atomic E-state index is 11.1. The van der Waals surface area contributed by atoms with Crippen molar-refractivity contribution in [2.24, 2.45) is 10.7 Å². The molecule has 0 saturated carbocycles. The molecule has 0 aliphatic carbocycles. The van der Waals surface area contributed by atoms with E-state index in [1.54, 1.807) is 11.8 Å². The molecule has 28 heavy (non-hydrogen) atoms. The molecule has 2 N–H and O–H groups in total. The molecule has 0 amide bonds. The van der Waals surface area contributed by atoms with Gasteiger partial charge in [0.1, 0.15) is 6.29 Å². The molecule has 5 heteroatoms. The number of hydrogen-bond donors (Lipinski definition) is 1. The average Bonchev–Trinajstić information content (AvgIpc) is 2.84. The highest BCUT2D eigenvalue weighted by molar-refractivity contribution is 9.10. The molecular formula is C23H21BrN2OS. The third-order valence-electron chi connectivity index (χ3n) is 3.83. The third kappa shape index (κ3) is 4.98. The number of halogens is 1. The van der Waals surface area contributed by atoms with E-state index in [0.717, 1.165) is 43.1 Å². The van der Waals surface area contributed by atoms with Gasteiger partial charge in [-0.2, -0.15) is 0 Å². The predicted molar refractivity (Wildman–Crippen MR) is 121 cm³/mol. The Labute approximate surface area is 178 Å². The number of aliphatic imine (C=N–C) groups is 1. The molecule has 0 fully saturated rings. The van der Waals surface area contributed by atoms with Crippen LogP contribution in [0.3, 0.4) is 0 Å². The Kier molecular flexibility index (Phi) is 6.83. The second-order valence-corrected chi connectivity index (χ2v) is 8.65. The van der Waals surface area contributed by atoms with Gasteiger partial charge in [0.15, 0.2) is 0 Å². The van der Waals surface area contributed by atoms with Crippen LogP contribution in [0.15, 0.2) is 86.0 Å². The third-order valence-corrected chi connectivity index (χ3v) is 5.50. The summed E-state index contributed by atoms with van der Waals surface area (Å²) in [5, 5.41) is 0. The Morgan fingerprint density at radius 2 is 1.68 bits per heavy atom. The lowest BCUT2D eigenvalue weighted by atomic mass is 10.0. The lowest BCUT2D eigenvalue weighted by Gasteiger charge is -2.09. The molecule has 0 aromatic heterocycles. The molecule has 3 aromatic rings. The van der Waals surface area contributed by atoms with Gasteiger partial charge in [0.05, 0.1) is 11.4 Å². The number of carbonyl (C=O) groups is 1. The molecular weight excluding hydrogens is 432 g/mol. The van der Waals surface area contributed by atoms with E-state index >= 15 is 0 Å². The van der Waals surface area contributed by atoms with Gasteiger partial charge in [-0.3, -0.25) is 4.79 Å². The van der Waals surface area contributed by atoms with Crippen LogP contribution < -0.4 is 5.73 Å². The van der Waals surface area contributed by atoms with Crippen LogP contribution in [-0.4, -0.2) is 18.0 Å². The van der Waals surface area contributed by atoms with Crippen LogP contribution in [0.5, 0.6) is 0 Å². The number of benzene rings is 3. The van der Waals surface area contributed by atoms with E-state index in [-0.39, 0.29) is 0 Å². The van der Waals surface area contributed by atoms with Crippen molar-refractivity contribution in [3.05, 3.63) is 87.9 Å². The van der Waals surface area contributed by atoms with Crippen molar-refractivity contribution in [3.63, 3.8) is 0 Å². The van der Waals surface area contributed by atoms with Crippen LogP contribution in [-0.2, 0) is 0 Å². The van der Waals surface area contributed by atoms with Gasteiger partial charge in [0.2, 0.25) is 0 Å². The van der Waals surface area contributed by atoms with E-state index in [0.29, 0.717) is 11.6 Å². The predicted octanol–water partition coefficient (Wildman–Crippen LogP) is 6.25. The molecule has 1 aliphatic heterocycles. The molecule has 1 aliphatic rings. The SMILES string of the molecule is CC(C)N.O=Cc1ccc2c(c1)N=C(c1ccc(Br)cc1)c1ccccc1S2. The maximum absolute atomic E-state index is 11.1. The Morgan fingerprint density at radius 3 is 2.36 bits per heavy atom.